The molecule has 0 aliphatic rings. The van der Waals surface area contributed by atoms with Crippen LogP contribution in [0.15, 0.2) is 29.1 Å². The summed E-state index contributed by atoms with van der Waals surface area (Å²) in [5, 5.41) is 0. The first-order valence-electron chi connectivity index (χ1n) is 5.86. The highest BCUT2D eigenvalue weighted by Gasteiger charge is 2.03. The molecule has 0 amide bonds. The number of nitrogens with one attached hydrogen (secondary N) is 1. The molecule has 0 saturated heterocycles. The molecule has 1 aromatic heterocycles. The normalized spacial score (nSPS) is 10.4. The predicted octanol–water partition coefficient (Wildman–Crippen LogP) is 0.728. The van der Waals surface area contributed by atoms with E-state index < -0.39 is 0 Å². The summed E-state index contributed by atoms with van der Waals surface area (Å²) in [5.74, 6) is 1.45. The van der Waals surface area contributed by atoms with Gasteiger partial charge < -0.3 is 21.2 Å². The smallest absolute Gasteiger partial charge is 0.252 e. The van der Waals surface area contributed by atoms with Gasteiger partial charge >= 0.3 is 0 Å². The minimum atomic E-state index is -0.239. The summed E-state index contributed by atoms with van der Waals surface area (Å²) in [5.41, 5.74) is 12.8. The summed E-state index contributed by atoms with van der Waals surface area (Å²) >= 11 is 0. The second kappa shape index (κ2) is 5.43. The van der Waals surface area contributed by atoms with Gasteiger partial charge in [0.2, 0.25) is 0 Å². The van der Waals surface area contributed by atoms with Crippen LogP contribution in [0.5, 0.6) is 5.75 Å². The molecular formula is C13H16N4O2. The zero-order valence-corrected chi connectivity index (χ0v) is 10.6. The molecule has 1 heterocycles. The van der Waals surface area contributed by atoms with Crippen molar-refractivity contribution in [3.05, 3.63) is 46.0 Å². The first-order valence-corrected chi connectivity index (χ1v) is 5.86. The maximum absolute atomic E-state index is 11.2. The Kier molecular flexibility index (Phi) is 3.70. The third-order valence-electron chi connectivity index (χ3n) is 2.76. The van der Waals surface area contributed by atoms with E-state index in [1.54, 1.807) is 7.11 Å². The number of methoxy groups -OCH3 is 1. The maximum Gasteiger partial charge on any atom is 0.252 e. The fourth-order valence-corrected chi connectivity index (χ4v) is 1.85. The Morgan fingerprint density at radius 3 is 2.68 bits per heavy atom. The summed E-state index contributed by atoms with van der Waals surface area (Å²) < 4.78 is 5.09. The molecule has 0 atom stereocenters. The van der Waals surface area contributed by atoms with Gasteiger partial charge in [-0.05, 0) is 24.1 Å². The zero-order valence-electron chi connectivity index (χ0n) is 10.6. The van der Waals surface area contributed by atoms with E-state index in [1.165, 1.54) is 6.07 Å². The van der Waals surface area contributed by atoms with Crippen molar-refractivity contribution in [3.8, 4) is 5.75 Å². The summed E-state index contributed by atoms with van der Waals surface area (Å²) in [6.07, 6.45) is 1.30. The molecule has 2 aromatic rings. The van der Waals surface area contributed by atoms with Crippen molar-refractivity contribution < 1.29 is 4.74 Å². The second-order valence-corrected chi connectivity index (χ2v) is 4.19. The lowest BCUT2D eigenvalue weighted by atomic mass is 10.1. The summed E-state index contributed by atoms with van der Waals surface area (Å²) in [4.78, 5) is 18.0. The average Bonchev–Trinajstić information content (AvgIpc) is 2.35. The first kappa shape index (κ1) is 12.9. The Balaban J connectivity index is 2.10. The van der Waals surface area contributed by atoms with Crippen LogP contribution < -0.4 is 21.8 Å². The number of ether oxygens (including phenoxy) is 1. The molecule has 5 N–H and O–H groups in total. The van der Waals surface area contributed by atoms with Crippen LogP contribution in [0.4, 0.5) is 11.5 Å². The number of aryl methyl sites for hydroxylation is 2. The molecule has 0 aliphatic carbocycles. The summed E-state index contributed by atoms with van der Waals surface area (Å²) in [6.45, 7) is 0. The number of nitrogen functional groups attached to an aromatic ring is 2. The van der Waals surface area contributed by atoms with Crippen molar-refractivity contribution in [2.75, 3.05) is 18.6 Å². The first-order chi connectivity index (χ1) is 9.08. The van der Waals surface area contributed by atoms with Gasteiger partial charge in [-0.2, -0.15) is 0 Å². The molecule has 19 heavy (non-hydrogen) atoms. The van der Waals surface area contributed by atoms with E-state index in [2.05, 4.69) is 9.97 Å². The highest BCUT2D eigenvalue weighted by molar-refractivity contribution is 5.54. The number of hydrogen-bond donors (Lipinski definition) is 3. The molecule has 0 fully saturated rings. The average molecular weight is 260 g/mol. The van der Waals surface area contributed by atoms with E-state index in [4.69, 9.17) is 16.2 Å². The molecule has 6 heteroatoms. The van der Waals surface area contributed by atoms with E-state index in [1.807, 2.05) is 18.2 Å². The van der Waals surface area contributed by atoms with Crippen LogP contribution in [-0.4, -0.2) is 17.1 Å². The Morgan fingerprint density at radius 2 is 2.05 bits per heavy atom. The van der Waals surface area contributed by atoms with Gasteiger partial charge in [0.15, 0.2) is 0 Å². The highest BCUT2D eigenvalue weighted by Crippen LogP contribution is 2.22. The lowest BCUT2D eigenvalue weighted by Crippen LogP contribution is -2.13. The van der Waals surface area contributed by atoms with Crippen molar-refractivity contribution in [1.29, 1.82) is 0 Å². The molecule has 0 aliphatic heterocycles. The van der Waals surface area contributed by atoms with Crippen LogP contribution in [0.1, 0.15) is 11.4 Å². The third-order valence-corrected chi connectivity index (χ3v) is 2.76. The van der Waals surface area contributed by atoms with Gasteiger partial charge in [-0.1, -0.05) is 6.07 Å². The van der Waals surface area contributed by atoms with Crippen molar-refractivity contribution in [2.24, 2.45) is 0 Å². The lowest BCUT2D eigenvalue weighted by molar-refractivity contribution is 0.417. The van der Waals surface area contributed by atoms with Crippen molar-refractivity contribution in [1.82, 2.24) is 9.97 Å². The Bertz CT molecular complexity index is 637. The van der Waals surface area contributed by atoms with E-state index >= 15 is 0 Å². The Morgan fingerprint density at radius 1 is 1.26 bits per heavy atom. The molecule has 0 bridgehead atoms. The fraction of sp³-hybridized carbons (Fsp3) is 0.231. The van der Waals surface area contributed by atoms with E-state index in [0.29, 0.717) is 30.1 Å². The van der Waals surface area contributed by atoms with Gasteiger partial charge in [-0.3, -0.25) is 4.79 Å². The molecule has 100 valence electrons. The molecule has 0 spiro atoms. The van der Waals surface area contributed by atoms with E-state index in [-0.39, 0.29) is 11.4 Å². The van der Waals surface area contributed by atoms with Gasteiger partial charge in [0, 0.05) is 12.5 Å². The third kappa shape index (κ3) is 3.25. The molecule has 0 radical (unpaired) electrons. The quantitative estimate of drug-likeness (QED) is 0.702. The minimum absolute atomic E-state index is 0.230. The van der Waals surface area contributed by atoms with Gasteiger partial charge in [-0.15, -0.1) is 0 Å². The SMILES string of the molecule is COc1ccc(CCc2nc(N)cc(=O)[nH]2)cc1N. The molecule has 6 nitrogen and oxygen atoms in total. The number of aromatic amines is 1. The molecule has 0 unspecified atom stereocenters. The van der Waals surface area contributed by atoms with Crippen molar-refractivity contribution in [2.45, 2.75) is 12.8 Å². The van der Waals surface area contributed by atoms with Gasteiger partial charge in [0.05, 0.1) is 12.8 Å². The number of rotatable bonds is 4. The number of nitrogens with zero attached hydrogens (tertiary/aromatic N) is 1. The van der Waals surface area contributed by atoms with E-state index in [9.17, 15) is 4.79 Å². The standard InChI is InChI=1S/C13H16N4O2/c1-19-10-4-2-8(6-9(10)14)3-5-12-16-11(15)7-13(18)17-12/h2,4,6-7H,3,5,14H2,1H3,(H3,15,16,17,18). The van der Waals surface area contributed by atoms with Crippen LogP contribution in [-0.2, 0) is 12.8 Å². The van der Waals surface area contributed by atoms with Crippen LogP contribution in [0, 0.1) is 0 Å². The number of anilines is 2. The van der Waals surface area contributed by atoms with Crippen LogP contribution >= 0.6 is 0 Å². The maximum atomic E-state index is 11.2. The monoisotopic (exact) mass is 260 g/mol. The van der Waals surface area contributed by atoms with Gasteiger partial charge in [0.25, 0.3) is 5.56 Å². The van der Waals surface area contributed by atoms with Crippen molar-refractivity contribution >= 4 is 11.5 Å². The fourth-order valence-electron chi connectivity index (χ4n) is 1.85. The highest BCUT2D eigenvalue weighted by atomic mass is 16.5. The van der Waals surface area contributed by atoms with Crippen LogP contribution in [0.25, 0.3) is 0 Å². The minimum Gasteiger partial charge on any atom is -0.495 e. The number of aromatic nitrogens is 2. The topological polar surface area (TPSA) is 107 Å². The largest absolute Gasteiger partial charge is 0.495 e. The molecule has 2 rings (SSSR count). The summed E-state index contributed by atoms with van der Waals surface area (Å²) in [6, 6.07) is 6.86. The van der Waals surface area contributed by atoms with E-state index in [0.717, 1.165) is 5.56 Å². The van der Waals surface area contributed by atoms with Gasteiger partial charge in [-0.25, -0.2) is 4.98 Å². The second-order valence-electron chi connectivity index (χ2n) is 4.19. The van der Waals surface area contributed by atoms with Crippen molar-refractivity contribution in [3.63, 3.8) is 0 Å². The lowest BCUT2D eigenvalue weighted by Gasteiger charge is -2.07. The van der Waals surface area contributed by atoms with Crippen LogP contribution in [0.3, 0.4) is 0 Å². The number of benzene rings is 1. The molecule has 1 aromatic carbocycles. The Hall–Kier alpha value is -2.50. The number of nitrogens with two attached hydrogens (primary N) is 2. The van der Waals surface area contributed by atoms with Crippen LogP contribution in [0.2, 0.25) is 0 Å². The zero-order chi connectivity index (χ0) is 13.8. The number of H-pyrrole nitrogens is 1. The number of hydrogen-bond acceptors (Lipinski definition) is 5. The predicted molar refractivity (Wildman–Crippen MR) is 74.1 cm³/mol. The Labute approximate surface area is 110 Å². The summed E-state index contributed by atoms with van der Waals surface area (Å²) in [7, 11) is 1.58. The molecular weight excluding hydrogens is 244 g/mol. The van der Waals surface area contributed by atoms with Gasteiger partial charge in [0.1, 0.15) is 17.4 Å². The molecule has 0 saturated carbocycles.